The Hall–Kier alpha value is -1.02. The van der Waals surface area contributed by atoms with E-state index >= 15 is 0 Å². The highest BCUT2D eigenvalue weighted by Gasteiger charge is 2.01. The summed E-state index contributed by atoms with van der Waals surface area (Å²) >= 11 is 0. The molecule has 0 aliphatic rings. The SMILES string of the molecule is CCCC(C)Nc1cccc(COCC)c1. The third kappa shape index (κ3) is 4.67. The Kier molecular flexibility index (Phi) is 5.94. The molecule has 1 aromatic rings. The Morgan fingerprint density at radius 3 is 2.81 bits per heavy atom. The summed E-state index contributed by atoms with van der Waals surface area (Å²) in [6.07, 6.45) is 2.42. The molecule has 2 heteroatoms. The first-order chi connectivity index (χ1) is 7.76. The second-order valence-electron chi connectivity index (χ2n) is 4.17. The first kappa shape index (κ1) is 13.0. The van der Waals surface area contributed by atoms with Gasteiger partial charge in [-0.15, -0.1) is 0 Å². The second kappa shape index (κ2) is 7.29. The van der Waals surface area contributed by atoms with Crippen LogP contribution in [0.15, 0.2) is 24.3 Å². The van der Waals surface area contributed by atoms with Crippen LogP contribution in [0.3, 0.4) is 0 Å². The van der Waals surface area contributed by atoms with Crippen molar-refractivity contribution in [3.63, 3.8) is 0 Å². The molecule has 0 radical (unpaired) electrons. The van der Waals surface area contributed by atoms with Crippen molar-refractivity contribution in [2.24, 2.45) is 0 Å². The quantitative estimate of drug-likeness (QED) is 0.755. The molecule has 1 N–H and O–H groups in total. The van der Waals surface area contributed by atoms with Gasteiger partial charge in [0, 0.05) is 18.3 Å². The van der Waals surface area contributed by atoms with Crippen LogP contribution >= 0.6 is 0 Å². The topological polar surface area (TPSA) is 21.3 Å². The van der Waals surface area contributed by atoms with Gasteiger partial charge in [0.1, 0.15) is 0 Å². The Labute approximate surface area is 99.0 Å². The fraction of sp³-hybridized carbons (Fsp3) is 0.571. The van der Waals surface area contributed by atoms with Crippen molar-refractivity contribution >= 4 is 5.69 Å². The monoisotopic (exact) mass is 221 g/mol. The third-order valence-corrected chi connectivity index (χ3v) is 2.53. The van der Waals surface area contributed by atoms with Crippen molar-refractivity contribution in [2.45, 2.75) is 46.3 Å². The highest BCUT2D eigenvalue weighted by Crippen LogP contribution is 2.14. The van der Waals surface area contributed by atoms with E-state index in [0.29, 0.717) is 12.6 Å². The second-order valence-corrected chi connectivity index (χ2v) is 4.17. The number of hydrogen-bond donors (Lipinski definition) is 1. The minimum absolute atomic E-state index is 0.535. The lowest BCUT2D eigenvalue weighted by Crippen LogP contribution is -2.14. The summed E-state index contributed by atoms with van der Waals surface area (Å²) in [4.78, 5) is 0. The lowest BCUT2D eigenvalue weighted by molar-refractivity contribution is 0.134. The Bertz CT molecular complexity index is 299. The van der Waals surface area contributed by atoms with E-state index < -0.39 is 0 Å². The highest BCUT2D eigenvalue weighted by atomic mass is 16.5. The average Bonchev–Trinajstić information content (AvgIpc) is 2.27. The number of ether oxygens (including phenoxy) is 1. The van der Waals surface area contributed by atoms with Gasteiger partial charge in [0.25, 0.3) is 0 Å². The molecule has 0 saturated heterocycles. The Morgan fingerprint density at radius 1 is 1.31 bits per heavy atom. The van der Waals surface area contributed by atoms with Crippen molar-refractivity contribution in [1.82, 2.24) is 0 Å². The number of rotatable bonds is 7. The molecule has 0 spiro atoms. The average molecular weight is 221 g/mol. The highest BCUT2D eigenvalue weighted by molar-refractivity contribution is 5.46. The predicted molar refractivity (Wildman–Crippen MR) is 69.8 cm³/mol. The first-order valence-corrected chi connectivity index (χ1v) is 6.19. The molecule has 1 rings (SSSR count). The summed E-state index contributed by atoms with van der Waals surface area (Å²) in [7, 11) is 0. The standard InChI is InChI=1S/C14H23NO/c1-4-7-12(3)15-14-9-6-8-13(10-14)11-16-5-2/h6,8-10,12,15H,4-5,7,11H2,1-3H3. The molecule has 0 aliphatic carbocycles. The maximum atomic E-state index is 5.40. The van der Waals surface area contributed by atoms with Crippen LogP contribution in [0.5, 0.6) is 0 Å². The molecular weight excluding hydrogens is 198 g/mol. The van der Waals surface area contributed by atoms with Crippen LogP contribution in [-0.4, -0.2) is 12.6 Å². The summed E-state index contributed by atoms with van der Waals surface area (Å²) in [5.41, 5.74) is 2.42. The summed E-state index contributed by atoms with van der Waals surface area (Å²) in [6, 6.07) is 9.00. The fourth-order valence-electron chi connectivity index (χ4n) is 1.76. The molecule has 0 fully saturated rings. The van der Waals surface area contributed by atoms with Gasteiger partial charge in [-0.3, -0.25) is 0 Å². The van der Waals surface area contributed by atoms with E-state index in [1.165, 1.54) is 24.1 Å². The molecule has 0 bridgehead atoms. The summed E-state index contributed by atoms with van der Waals surface area (Å²) in [5.74, 6) is 0. The van der Waals surface area contributed by atoms with E-state index in [4.69, 9.17) is 4.74 Å². The van der Waals surface area contributed by atoms with E-state index in [1.807, 2.05) is 6.92 Å². The van der Waals surface area contributed by atoms with Gasteiger partial charge in [-0.2, -0.15) is 0 Å². The van der Waals surface area contributed by atoms with Crippen LogP contribution in [0.4, 0.5) is 5.69 Å². The molecule has 0 heterocycles. The van der Waals surface area contributed by atoms with Gasteiger partial charge in [0.15, 0.2) is 0 Å². The van der Waals surface area contributed by atoms with Gasteiger partial charge in [-0.1, -0.05) is 25.5 Å². The number of hydrogen-bond acceptors (Lipinski definition) is 2. The van der Waals surface area contributed by atoms with Crippen LogP contribution < -0.4 is 5.32 Å². The van der Waals surface area contributed by atoms with Crippen LogP contribution in [0.25, 0.3) is 0 Å². The largest absolute Gasteiger partial charge is 0.383 e. The van der Waals surface area contributed by atoms with E-state index in [0.717, 1.165) is 6.61 Å². The third-order valence-electron chi connectivity index (χ3n) is 2.53. The molecule has 0 aromatic heterocycles. The predicted octanol–water partition coefficient (Wildman–Crippen LogP) is 3.82. The zero-order valence-electron chi connectivity index (χ0n) is 10.6. The van der Waals surface area contributed by atoms with Crippen LogP contribution in [0.2, 0.25) is 0 Å². The molecule has 90 valence electrons. The van der Waals surface area contributed by atoms with Gasteiger partial charge in [0.05, 0.1) is 6.61 Å². The lowest BCUT2D eigenvalue weighted by atomic mass is 10.1. The van der Waals surface area contributed by atoms with Crippen molar-refractivity contribution in [3.05, 3.63) is 29.8 Å². The summed E-state index contributed by atoms with van der Waals surface area (Å²) in [6.45, 7) is 7.92. The Balaban J connectivity index is 2.52. The number of anilines is 1. The van der Waals surface area contributed by atoms with Gasteiger partial charge in [0.2, 0.25) is 0 Å². The lowest BCUT2D eigenvalue weighted by Gasteiger charge is -2.15. The van der Waals surface area contributed by atoms with Gasteiger partial charge < -0.3 is 10.1 Å². The number of nitrogens with one attached hydrogen (secondary N) is 1. The minimum atomic E-state index is 0.535. The molecule has 1 atom stereocenters. The van der Waals surface area contributed by atoms with E-state index in [2.05, 4.69) is 43.4 Å². The van der Waals surface area contributed by atoms with Crippen LogP contribution in [-0.2, 0) is 11.3 Å². The van der Waals surface area contributed by atoms with Crippen LogP contribution in [0.1, 0.15) is 39.2 Å². The molecule has 1 unspecified atom stereocenters. The van der Waals surface area contributed by atoms with Gasteiger partial charge in [-0.05, 0) is 38.0 Å². The Morgan fingerprint density at radius 2 is 2.12 bits per heavy atom. The molecule has 0 aliphatic heterocycles. The number of benzene rings is 1. The van der Waals surface area contributed by atoms with Crippen molar-refractivity contribution in [3.8, 4) is 0 Å². The molecule has 1 aromatic carbocycles. The maximum Gasteiger partial charge on any atom is 0.0717 e. The van der Waals surface area contributed by atoms with Crippen molar-refractivity contribution < 1.29 is 4.74 Å². The van der Waals surface area contributed by atoms with E-state index in [9.17, 15) is 0 Å². The smallest absolute Gasteiger partial charge is 0.0717 e. The zero-order valence-corrected chi connectivity index (χ0v) is 10.6. The van der Waals surface area contributed by atoms with Gasteiger partial charge >= 0.3 is 0 Å². The molecule has 16 heavy (non-hydrogen) atoms. The van der Waals surface area contributed by atoms with Crippen LogP contribution in [0, 0.1) is 0 Å². The van der Waals surface area contributed by atoms with Crippen molar-refractivity contribution in [2.75, 3.05) is 11.9 Å². The first-order valence-electron chi connectivity index (χ1n) is 6.19. The van der Waals surface area contributed by atoms with E-state index in [-0.39, 0.29) is 0 Å². The molecule has 2 nitrogen and oxygen atoms in total. The fourth-order valence-corrected chi connectivity index (χ4v) is 1.76. The maximum absolute atomic E-state index is 5.40. The van der Waals surface area contributed by atoms with Gasteiger partial charge in [-0.25, -0.2) is 0 Å². The molecular formula is C14H23NO. The minimum Gasteiger partial charge on any atom is -0.383 e. The normalized spacial score (nSPS) is 12.4. The summed E-state index contributed by atoms with van der Waals surface area (Å²) < 4.78 is 5.40. The summed E-state index contributed by atoms with van der Waals surface area (Å²) in [5, 5.41) is 3.50. The zero-order chi connectivity index (χ0) is 11.8. The van der Waals surface area contributed by atoms with Crippen molar-refractivity contribution in [1.29, 1.82) is 0 Å². The van der Waals surface area contributed by atoms with E-state index in [1.54, 1.807) is 0 Å². The molecule has 0 amide bonds. The molecule has 0 saturated carbocycles.